The number of carbonyl (C=O) groups is 1. The average Bonchev–Trinajstić information content (AvgIpc) is 2.95. The van der Waals surface area contributed by atoms with Crippen molar-refractivity contribution in [2.24, 2.45) is 5.73 Å². The largest absolute Gasteiger partial charge is 0.491 e. The molecule has 1 amide bonds. The Balaban J connectivity index is 2.08. The summed E-state index contributed by atoms with van der Waals surface area (Å²) in [5.41, 5.74) is 14.7. The first-order chi connectivity index (χ1) is 11.6. The van der Waals surface area contributed by atoms with Crippen molar-refractivity contribution in [3.05, 3.63) is 48.2 Å². The van der Waals surface area contributed by atoms with Crippen molar-refractivity contribution in [3.63, 3.8) is 0 Å². The molecular weight excluding hydrogens is 306 g/mol. The van der Waals surface area contributed by atoms with E-state index in [4.69, 9.17) is 20.9 Å². The molecule has 0 aliphatic heterocycles. The normalized spacial score (nSPS) is 10.9. The number of carbonyl (C=O) groups excluding carboxylic acids is 1. The molecule has 0 saturated carbocycles. The number of aromatic nitrogens is 1. The van der Waals surface area contributed by atoms with Gasteiger partial charge >= 0.3 is 0 Å². The van der Waals surface area contributed by atoms with Crippen LogP contribution in [0.2, 0.25) is 0 Å². The maximum atomic E-state index is 11.8. The Morgan fingerprint density at radius 3 is 2.54 bits per heavy atom. The number of rotatable bonds is 6. The lowest BCUT2D eigenvalue weighted by atomic mass is 10.0. The molecule has 0 saturated heterocycles. The highest BCUT2D eigenvalue weighted by Gasteiger charge is 2.17. The Hall–Kier alpha value is -2.99. The van der Waals surface area contributed by atoms with Crippen LogP contribution in [0.25, 0.3) is 22.0 Å². The zero-order valence-electron chi connectivity index (χ0n) is 13.3. The van der Waals surface area contributed by atoms with Crippen molar-refractivity contribution in [3.8, 4) is 16.9 Å². The van der Waals surface area contributed by atoms with E-state index in [0.717, 1.165) is 22.0 Å². The summed E-state index contributed by atoms with van der Waals surface area (Å²) in [6.07, 6.45) is 0. The van der Waals surface area contributed by atoms with Gasteiger partial charge in [0, 0.05) is 29.8 Å². The SMILES string of the molecule is COCCOc1ccc2c(-c3ccc(N)cc3)c(C(N)=O)[nH]c2c1. The lowest BCUT2D eigenvalue weighted by molar-refractivity contribution is 0.0997. The molecule has 24 heavy (non-hydrogen) atoms. The van der Waals surface area contributed by atoms with Crippen LogP contribution in [0.15, 0.2) is 42.5 Å². The van der Waals surface area contributed by atoms with Gasteiger partial charge in [-0.2, -0.15) is 0 Å². The van der Waals surface area contributed by atoms with Gasteiger partial charge in [0.25, 0.3) is 5.91 Å². The molecule has 0 atom stereocenters. The quantitative estimate of drug-likeness (QED) is 0.478. The highest BCUT2D eigenvalue weighted by molar-refractivity contribution is 6.09. The molecule has 0 radical (unpaired) electrons. The molecule has 0 fully saturated rings. The van der Waals surface area contributed by atoms with Crippen LogP contribution in [-0.2, 0) is 4.74 Å². The van der Waals surface area contributed by atoms with Crippen molar-refractivity contribution in [2.45, 2.75) is 0 Å². The van der Waals surface area contributed by atoms with E-state index in [0.29, 0.717) is 30.3 Å². The van der Waals surface area contributed by atoms with Gasteiger partial charge in [-0.25, -0.2) is 0 Å². The molecule has 0 spiro atoms. The maximum absolute atomic E-state index is 11.8. The Morgan fingerprint density at radius 1 is 1.12 bits per heavy atom. The number of hydrogen-bond acceptors (Lipinski definition) is 4. The number of hydrogen-bond donors (Lipinski definition) is 3. The summed E-state index contributed by atoms with van der Waals surface area (Å²) in [4.78, 5) is 14.9. The Morgan fingerprint density at radius 2 is 1.88 bits per heavy atom. The van der Waals surface area contributed by atoms with Gasteiger partial charge < -0.3 is 25.9 Å². The second-order valence-corrected chi connectivity index (χ2v) is 5.41. The van der Waals surface area contributed by atoms with Gasteiger partial charge in [0.2, 0.25) is 0 Å². The Labute approximate surface area is 139 Å². The van der Waals surface area contributed by atoms with Gasteiger partial charge in [0.15, 0.2) is 0 Å². The molecule has 124 valence electrons. The van der Waals surface area contributed by atoms with Gasteiger partial charge in [-0.15, -0.1) is 0 Å². The lowest BCUT2D eigenvalue weighted by Crippen LogP contribution is -2.12. The van der Waals surface area contributed by atoms with Crippen LogP contribution in [0, 0.1) is 0 Å². The van der Waals surface area contributed by atoms with Crippen LogP contribution in [0.1, 0.15) is 10.5 Å². The summed E-state index contributed by atoms with van der Waals surface area (Å²) in [6, 6.07) is 12.9. The number of nitrogens with one attached hydrogen (secondary N) is 1. The summed E-state index contributed by atoms with van der Waals surface area (Å²) in [5, 5.41) is 0.896. The number of nitrogen functional groups attached to an aromatic ring is 1. The molecule has 0 unspecified atom stereocenters. The molecule has 0 bridgehead atoms. The first kappa shape index (κ1) is 15.9. The lowest BCUT2D eigenvalue weighted by Gasteiger charge is -2.06. The molecule has 0 aliphatic rings. The summed E-state index contributed by atoms with van der Waals surface area (Å²) < 4.78 is 10.6. The van der Waals surface area contributed by atoms with Crippen LogP contribution < -0.4 is 16.2 Å². The minimum absolute atomic E-state index is 0.365. The Kier molecular flexibility index (Phi) is 4.39. The number of anilines is 1. The molecule has 0 aliphatic carbocycles. The number of amides is 1. The number of H-pyrrole nitrogens is 1. The third-order valence-electron chi connectivity index (χ3n) is 3.77. The molecule has 6 heteroatoms. The van der Waals surface area contributed by atoms with Gasteiger partial charge in [0.1, 0.15) is 18.1 Å². The van der Waals surface area contributed by atoms with E-state index in [1.165, 1.54) is 0 Å². The summed E-state index contributed by atoms with van der Waals surface area (Å²) in [5.74, 6) is 0.181. The third kappa shape index (κ3) is 3.04. The van der Waals surface area contributed by atoms with Crippen LogP contribution in [0.3, 0.4) is 0 Å². The Bertz CT molecular complexity index is 869. The topological polar surface area (TPSA) is 103 Å². The van der Waals surface area contributed by atoms with Crippen molar-refractivity contribution in [2.75, 3.05) is 26.1 Å². The van der Waals surface area contributed by atoms with Crippen LogP contribution in [0.5, 0.6) is 5.75 Å². The zero-order chi connectivity index (χ0) is 17.1. The minimum Gasteiger partial charge on any atom is -0.491 e. The molecular formula is C18H19N3O3. The number of ether oxygens (including phenoxy) is 2. The standard InChI is InChI=1S/C18H19N3O3/c1-23-8-9-24-13-6-7-14-15(10-13)21-17(18(20)22)16(14)11-2-4-12(19)5-3-11/h2-7,10,21H,8-9,19H2,1H3,(H2,20,22). The summed E-state index contributed by atoms with van der Waals surface area (Å²) in [7, 11) is 1.62. The maximum Gasteiger partial charge on any atom is 0.265 e. The number of aromatic amines is 1. The second-order valence-electron chi connectivity index (χ2n) is 5.41. The third-order valence-corrected chi connectivity index (χ3v) is 3.77. The molecule has 5 N–H and O–H groups in total. The summed E-state index contributed by atoms with van der Waals surface area (Å²) >= 11 is 0. The van der Waals surface area contributed by atoms with E-state index in [-0.39, 0.29) is 0 Å². The molecule has 6 nitrogen and oxygen atoms in total. The van der Waals surface area contributed by atoms with E-state index >= 15 is 0 Å². The number of nitrogens with two attached hydrogens (primary N) is 2. The van der Waals surface area contributed by atoms with Crippen molar-refractivity contribution < 1.29 is 14.3 Å². The predicted octanol–water partition coefficient (Wildman–Crippen LogP) is 2.54. The van der Waals surface area contributed by atoms with E-state index in [1.807, 2.05) is 30.3 Å². The average molecular weight is 325 g/mol. The number of primary amides is 1. The first-order valence-corrected chi connectivity index (χ1v) is 7.53. The van der Waals surface area contributed by atoms with Crippen molar-refractivity contribution in [1.29, 1.82) is 0 Å². The van der Waals surface area contributed by atoms with Gasteiger partial charge in [-0.05, 0) is 29.8 Å². The van der Waals surface area contributed by atoms with Gasteiger partial charge in [-0.3, -0.25) is 4.79 Å². The van der Waals surface area contributed by atoms with Crippen LogP contribution in [-0.4, -0.2) is 31.2 Å². The molecule has 3 aromatic rings. The fourth-order valence-corrected chi connectivity index (χ4v) is 2.64. The molecule has 1 heterocycles. The van der Waals surface area contributed by atoms with Gasteiger partial charge in [-0.1, -0.05) is 12.1 Å². The number of methoxy groups -OCH3 is 1. The highest BCUT2D eigenvalue weighted by atomic mass is 16.5. The van der Waals surface area contributed by atoms with Crippen molar-refractivity contribution in [1.82, 2.24) is 4.98 Å². The summed E-state index contributed by atoms with van der Waals surface area (Å²) in [6.45, 7) is 0.961. The minimum atomic E-state index is -0.514. The fourth-order valence-electron chi connectivity index (χ4n) is 2.64. The molecule has 3 rings (SSSR count). The molecule has 2 aromatic carbocycles. The van der Waals surface area contributed by atoms with E-state index in [1.54, 1.807) is 19.2 Å². The van der Waals surface area contributed by atoms with Gasteiger partial charge in [0.05, 0.1) is 12.1 Å². The number of benzene rings is 2. The highest BCUT2D eigenvalue weighted by Crippen LogP contribution is 2.34. The van der Waals surface area contributed by atoms with E-state index in [2.05, 4.69) is 4.98 Å². The van der Waals surface area contributed by atoms with Crippen molar-refractivity contribution >= 4 is 22.5 Å². The first-order valence-electron chi connectivity index (χ1n) is 7.53. The smallest absolute Gasteiger partial charge is 0.265 e. The zero-order valence-corrected chi connectivity index (χ0v) is 13.3. The monoisotopic (exact) mass is 325 g/mol. The van der Waals surface area contributed by atoms with Crippen LogP contribution >= 0.6 is 0 Å². The predicted molar refractivity (Wildman–Crippen MR) is 94.0 cm³/mol. The second kappa shape index (κ2) is 6.64. The van der Waals surface area contributed by atoms with E-state index in [9.17, 15) is 4.79 Å². The number of fused-ring (bicyclic) bond motifs is 1. The van der Waals surface area contributed by atoms with Crippen LogP contribution in [0.4, 0.5) is 5.69 Å². The molecule has 1 aromatic heterocycles. The fraction of sp³-hybridized carbons (Fsp3) is 0.167. The van der Waals surface area contributed by atoms with E-state index < -0.39 is 5.91 Å².